The quantitative estimate of drug-likeness (QED) is 0.429. The van der Waals surface area contributed by atoms with E-state index in [-0.39, 0.29) is 0 Å². The first kappa shape index (κ1) is 18.3. The fourth-order valence-electron chi connectivity index (χ4n) is 3.84. The molecule has 1 aliphatic heterocycles. The van der Waals surface area contributed by atoms with Gasteiger partial charge in [-0.15, -0.1) is 0 Å². The minimum absolute atomic E-state index is 0.516. The number of hydrogen-bond donors (Lipinski definition) is 2. The summed E-state index contributed by atoms with van der Waals surface area (Å²) in [4.78, 5) is 7.02. The van der Waals surface area contributed by atoms with Gasteiger partial charge in [0, 0.05) is 45.4 Å². The standard InChI is InChI=1S/C19H32N4O2/c1-20-19(21-10-5-12-24-15-18-8-4-13-25-18)22-16-9-11-23(14-16)17-6-2-3-7-17/h4,8,13,16-17H,2-3,5-7,9-12,14-15H2,1H3,(H2,20,21,22). The fraction of sp³-hybridized carbons (Fsp3) is 0.737. The van der Waals surface area contributed by atoms with Crippen LogP contribution in [0.2, 0.25) is 0 Å². The summed E-state index contributed by atoms with van der Waals surface area (Å²) in [6, 6.07) is 5.16. The lowest BCUT2D eigenvalue weighted by Gasteiger charge is -2.24. The number of aliphatic imine (C=N–C) groups is 1. The molecule has 2 fully saturated rings. The van der Waals surface area contributed by atoms with Crippen LogP contribution < -0.4 is 10.6 Å². The number of nitrogens with one attached hydrogen (secondary N) is 2. The Hall–Kier alpha value is -1.53. The predicted octanol–water partition coefficient (Wildman–Crippen LogP) is 2.37. The Bertz CT molecular complexity index is 512. The molecule has 1 atom stereocenters. The maximum absolute atomic E-state index is 5.60. The Labute approximate surface area is 151 Å². The van der Waals surface area contributed by atoms with Crippen LogP contribution in [0, 0.1) is 0 Å². The average Bonchev–Trinajstić information content (AvgIpc) is 3.39. The third kappa shape index (κ3) is 5.75. The summed E-state index contributed by atoms with van der Waals surface area (Å²) in [6.07, 6.45) is 9.42. The lowest BCUT2D eigenvalue weighted by molar-refractivity contribution is 0.105. The highest BCUT2D eigenvalue weighted by molar-refractivity contribution is 5.79. The topological polar surface area (TPSA) is 62.0 Å². The highest BCUT2D eigenvalue weighted by atomic mass is 16.5. The van der Waals surface area contributed by atoms with Crippen molar-refractivity contribution in [1.29, 1.82) is 0 Å². The van der Waals surface area contributed by atoms with Gasteiger partial charge >= 0.3 is 0 Å². The molecule has 6 nitrogen and oxygen atoms in total. The normalized spacial score (nSPS) is 22.6. The van der Waals surface area contributed by atoms with E-state index in [0.29, 0.717) is 19.3 Å². The van der Waals surface area contributed by atoms with Crippen molar-refractivity contribution in [1.82, 2.24) is 15.5 Å². The van der Waals surface area contributed by atoms with Crippen molar-refractivity contribution in [2.24, 2.45) is 4.99 Å². The van der Waals surface area contributed by atoms with Gasteiger partial charge in [0.2, 0.25) is 0 Å². The zero-order valence-electron chi connectivity index (χ0n) is 15.4. The molecule has 1 aliphatic carbocycles. The molecule has 0 bridgehead atoms. The largest absolute Gasteiger partial charge is 0.467 e. The number of guanidine groups is 1. The maximum atomic E-state index is 5.60. The van der Waals surface area contributed by atoms with Gasteiger partial charge in [0.15, 0.2) is 5.96 Å². The SMILES string of the molecule is CN=C(NCCCOCc1ccco1)NC1CCN(C2CCCC2)C1. The minimum Gasteiger partial charge on any atom is -0.467 e. The lowest BCUT2D eigenvalue weighted by Crippen LogP contribution is -2.45. The van der Waals surface area contributed by atoms with Crippen LogP contribution in [0.1, 0.15) is 44.3 Å². The van der Waals surface area contributed by atoms with Crippen LogP contribution >= 0.6 is 0 Å². The van der Waals surface area contributed by atoms with Crippen LogP contribution in [0.5, 0.6) is 0 Å². The van der Waals surface area contributed by atoms with Gasteiger partial charge in [0.05, 0.1) is 6.26 Å². The summed E-state index contributed by atoms with van der Waals surface area (Å²) in [5.74, 6) is 1.78. The van der Waals surface area contributed by atoms with E-state index in [1.165, 1.54) is 38.6 Å². The van der Waals surface area contributed by atoms with Crippen molar-refractivity contribution in [2.45, 2.75) is 57.2 Å². The van der Waals surface area contributed by atoms with Gasteiger partial charge in [-0.25, -0.2) is 0 Å². The van der Waals surface area contributed by atoms with Gasteiger partial charge in [-0.05, 0) is 37.8 Å². The van der Waals surface area contributed by atoms with Crippen molar-refractivity contribution < 1.29 is 9.15 Å². The molecule has 1 unspecified atom stereocenters. The van der Waals surface area contributed by atoms with E-state index in [2.05, 4.69) is 20.5 Å². The molecule has 2 N–H and O–H groups in total. The Morgan fingerprint density at radius 3 is 3.00 bits per heavy atom. The van der Waals surface area contributed by atoms with Crippen LogP contribution in [-0.4, -0.2) is 56.2 Å². The highest BCUT2D eigenvalue weighted by Crippen LogP contribution is 2.26. The van der Waals surface area contributed by atoms with Crippen LogP contribution in [0.15, 0.2) is 27.8 Å². The third-order valence-electron chi connectivity index (χ3n) is 5.21. The molecule has 0 amide bonds. The minimum atomic E-state index is 0.516. The molecule has 1 saturated heterocycles. The molecule has 6 heteroatoms. The monoisotopic (exact) mass is 348 g/mol. The van der Waals surface area contributed by atoms with E-state index in [9.17, 15) is 0 Å². The molecule has 2 aliphatic rings. The average molecular weight is 348 g/mol. The summed E-state index contributed by atoms with van der Waals surface area (Å²) in [6.45, 7) is 4.48. The molecule has 1 aromatic heterocycles. The number of hydrogen-bond acceptors (Lipinski definition) is 4. The first-order chi connectivity index (χ1) is 12.3. The van der Waals surface area contributed by atoms with Gasteiger partial charge in [-0.1, -0.05) is 12.8 Å². The van der Waals surface area contributed by atoms with E-state index < -0.39 is 0 Å². The van der Waals surface area contributed by atoms with Gasteiger partial charge in [-0.2, -0.15) is 0 Å². The second kappa shape index (κ2) is 9.82. The Kier molecular flexibility index (Phi) is 7.18. The number of ether oxygens (including phenoxy) is 1. The van der Waals surface area contributed by atoms with Crippen molar-refractivity contribution in [2.75, 3.05) is 33.3 Å². The first-order valence-electron chi connectivity index (χ1n) is 9.66. The van der Waals surface area contributed by atoms with Crippen molar-refractivity contribution in [3.63, 3.8) is 0 Å². The lowest BCUT2D eigenvalue weighted by atomic mass is 10.2. The van der Waals surface area contributed by atoms with Gasteiger partial charge in [0.25, 0.3) is 0 Å². The number of furan rings is 1. The Morgan fingerprint density at radius 1 is 1.36 bits per heavy atom. The van der Waals surface area contributed by atoms with E-state index >= 15 is 0 Å². The summed E-state index contributed by atoms with van der Waals surface area (Å²) in [5.41, 5.74) is 0. The third-order valence-corrected chi connectivity index (χ3v) is 5.21. The molecule has 1 saturated carbocycles. The molecule has 25 heavy (non-hydrogen) atoms. The molecule has 0 radical (unpaired) electrons. The molecule has 1 aromatic rings. The zero-order valence-corrected chi connectivity index (χ0v) is 15.4. The first-order valence-corrected chi connectivity index (χ1v) is 9.66. The van der Waals surface area contributed by atoms with Crippen LogP contribution in [-0.2, 0) is 11.3 Å². The van der Waals surface area contributed by atoms with Crippen LogP contribution in [0.4, 0.5) is 0 Å². The molecule has 140 valence electrons. The Morgan fingerprint density at radius 2 is 2.24 bits per heavy atom. The Balaban J connectivity index is 1.26. The molecular formula is C19H32N4O2. The van der Waals surface area contributed by atoms with Crippen molar-refractivity contribution in [3.8, 4) is 0 Å². The molecular weight excluding hydrogens is 316 g/mol. The predicted molar refractivity (Wildman–Crippen MR) is 99.7 cm³/mol. The molecule has 2 heterocycles. The second-order valence-corrected chi connectivity index (χ2v) is 7.05. The smallest absolute Gasteiger partial charge is 0.191 e. The van der Waals surface area contributed by atoms with Crippen molar-refractivity contribution in [3.05, 3.63) is 24.2 Å². The van der Waals surface area contributed by atoms with Crippen molar-refractivity contribution >= 4 is 5.96 Å². The number of rotatable bonds is 8. The van der Waals surface area contributed by atoms with E-state index in [1.807, 2.05) is 19.2 Å². The highest BCUT2D eigenvalue weighted by Gasteiger charge is 2.30. The van der Waals surface area contributed by atoms with E-state index in [0.717, 1.165) is 37.3 Å². The molecule has 0 aromatic carbocycles. The number of likely N-dealkylation sites (tertiary alicyclic amines) is 1. The molecule has 3 rings (SSSR count). The second-order valence-electron chi connectivity index (χ2n) is 7.05. The summed E-state index contributed by atoms with van der Waals surface area (Å²) >= 11 is 0. The van der Waals surface area contributed by atoms with Gasteiger partial charge in [-0.3, -0.25) is 9.89 Å². The zero-order chi connectivity index (χ0) is 17.3. The number of nitrogens with zero attached hydrogens (tertiary/aromatic N) is 2. The molecule has 0 spiro atoms. The summed E-state index contributed by atoms with van der Waals surface area (Å²) < 4.78 is 10.8. The maximum Gasteiger partial charge on any atom is 0.191 e. The van der Waals surface area contributed by atoms with Crippen LogP contribution in [0.3, 0.4) is 0 Å². The van der Waals surface area contributed by atoms with E-state index in [4.69, 9.17) is 9.15 Å². The van der Waals surface area contributed by atoms with Crippen LogP contribution in [0.25, 0.3) is 0 Å². The fourth-order valence-corrected chi connectivity index (χ4v) is 3.84. The van der Waals surface area contributed by atoms with Gasteiger partial charge < -0.3 is 19.8 Å². The van der Waals surface area contributed by atoms with Gasteiger partial charge in [0.1, 0.15) is 12.4 Å². The summed E-state index contributed by atoms with van der Waals surface area (Å²) in [7, 11) is 1.84. The van der Waals surface area contributed by atoms with E-state index in [1.54, 1.807) is 6.26 Å². The summed E-state index contributed by atoms with van der Waals surface area (Å²) in [5, 5.41) is 6.97.